The van der Waals surface area contributed by atoms with E-state index in [1.54, 1.807) is 0 Å². The summed E-state index contributed by atoms with van der Waals surface area (Å²) in [5, 5.41) is 4.97. The summed E-state index contributed by atoms with van der Waals surface area (Å²) >= 11 is 0. The highest BCUT2D eigenvalue weighted by Crippen LogP contribution is 2.20. The first-order chi connectivity index (χ1) is 11.1. The fourth-order valence-corrected chi connectivity index (χ4v) is 3.61. The molecule has 0 aliphatic rings. The molecule has 3 rings (SSSR count). The summed E-state index contributed by atoms with van der Waals surface area (Å²) in [7, 11) is -7.81. The van der Waals surface area contributed by atoms with Gasteiger partial charge in [0.25, 0.3) is 10.0 Å². The number of anilines is 1. The van der Waals surface area contributed by atoms with E-state index >= 15 is 0 Å². The van der Waals surface area contributed by atoms with E-state index in [2.05, 4.69) is 9.71 Å². The Kier molecular flexibility index (Phi) is 3.70. The van der Waals surface area contributed by atoms with Crippen molar-refractivity contribution < 1.29 is 21.3 Å². The lowest BCUT2D eigenvalue weighted by atomic mass is 10.3. The van der Waals surface area contributed by atoms with E-state index in [-0.39, 0.29) is 21.1 Å². The predicted octanol–water partition coefficient (Wildman–Crippen LogP) is 0.569. The van der Waals surface area contributed by atoms with Crippen molar-refractivity contribution in [2.75, 3.05) is 4.72 Å². The molecule has 0 spiro atoms. The van der Waals surface area contributed by atoms with Crippen LogP contribution in [0.15, 0.2) is 61.5 Å². The van der Waals surface area contributed by atoms with Gasteiger partial charge in [-0.3, -0.25) is 9.71 Å². The van der Waals surface area contributed by atoms with Crippen molar-refractivity contribution in [3.8, 4) is 0 Å². The third kappa shape index (κ3) is 3.18. The van der Waals surface area contributed by atoms with Gasteiger partial charge in [0.15, 0.2) is 5.58 Å². The van der Waals surface area contributed by atoms with E-state index in [0.29, 0.717) is 5.52 Å². The van der Waals surface area contributed by atoms with Crippen LogP contribution in [0.1, 0.15) is 0 Å². The highest BCUT2D eigenvalue weighted by atomic mass is 32.2. The second-order valence-electron chi connectivity index (χ2n) is 4.85. The van der Waals surface area contributed by atoms with Gasteiger partial charge in [0.1, 0.15) is 0 Å². The van der Waals surface area contributed by atoms with Crippen molar-refractivity contribution in [3.63, 3.8) is 0 Å². The Bertz CT molecular complexity index is 1170. The van der Waals surface area contributed by atoms with E-state index in [4.69, 9.17) is 9.56 Å². The number of fused-ring (bicyclic) bond motifs is 1. The molecule has 0 radical (unpaired) electrons. The zero-order valence-electron chi connectivity index (χ0n) is 11.9. The van der Waals surface area contributed by atoms with Crippen LogP contribution in [0, 0.1) is 0 Å². The van der Waals surface area contributed by atoms with Crippen LogP contribution in [-0.4, -0.2) is 21.8 Å². The number of hydrogen-bond acceptors (Lipinski definition) is 6. The molecule has 0 atom stereocenters. The van der Waals surface area contributed by atoms with E-state index in [1.807, 2.05) is 0 Å². The van der Waals surface area contributed by atoms with Gasteiger partial charge in [-0.05, 0) is 36.4 Å². The minimum absolute atomic E-state index is 0.104. The summed E-state index contributed by atoms with van der Waals surface area (Å²) in [6, 6.07) is 8.81. The first kappa shape index (κ1) is 16.2. The number of sulfonamides is 2. The molecule has 3 aromatic rings. The summed E-state index contributed by atoms with van der Waals surface area (Å²) in [5.74, 6) is -0.689. The van der Waals surface area contributed by atoms with E-state index in [1.165, 1.54) is 42.5 Å². The fraction of sp³-hybridized carbons (Fsp3) is 0. The van der Waals surface area contributed by atoms with Crippen molar-refractivity contribution >= 4 is 36.8 Å². The molecule has 4 N–H and O–H groups in total. The Morgan fingerprint density at radius 1 is 0.958 bits per heavy atom. The zero-order valence-corrected chi connectivity index (χ0v) is 13.5. The Labute approximate surface area is 136 Å². The number of rotatable bonds is 4. The number of hydrogen-bond donors (Lipinski definition) is 3. The average molecular weight is 369 g/mol. The number of oxazole rings is 1. The lowest BCUT2D eigenvalue weighted by Crippen LogP contribution is -2.14. The van der Waals surface area contributed by atoms with Crippen molar-refractivity contribution in [1.29, 1.82) is 0 Å². The smallest absolute Gasteiger partial charge is 0.408 e. The Balaban J connectivity index is 1.93. The molecule has 0 aliphatic carbocycles. The van der Waals surface area contributed by atoms with Gasteiger partial charge in [0.2, 0.25) is 10.0 Å². The number of nitrogens with two attached hydrogens (primary N) is 1. The molecule has 11 heteroatoms. The van der Waals surface area contributed by atoms with Crippen molar-refractivity contribution in [2.45, 2.75) is 9.79 Å². The molecule has 24 heavy (non-hydrogen) atoms. The van der Waals surface area contributed by atoms with Crippen molar-refractivity contribution in [3.05, 3.63) is 53.0 Å². The summed E-state index contributed by atoms with van der Waals surface area (Å²) < 4.78 is 54.2. The lowest BCUT2D eigenvalue weighted by Gasteiger charge is -2.08. The molecule has 0 saturated heterocycles. The molecule has 2 aromatic carbocycles. The second-order valence-corrected chi connectivity index (χ2v) is 8.09. The largest absolute Gasteiger partial charge is 0.417 e. The number of aromatic nitrogens is 1. The molecule has 0 saturated carbocycles. The van der Waals surface area contributed by atoms with Crippen LogP contribution >= 0.6 is 0 Å². The molecule has 9 nitrogen and oxygen atoms in total. The molecular formula is C13H11N3O6S2. The maximum atomic E-state index is 12.3. The van der Waals surface area contributed by atoms with Crippen LogP contribution in [-0.2, 0) is 20.0 Å². The minimum Gasteiger partial charge on any atom is -0.408 e. The zero-order chi connectivity index (χ0) is 17.5. The third-order valence-electron chi connectivity index (χ3n) is 3.14. The van der Waals surface area contributed by atoms with Gasteiger partial charge < -0.3 is 4.42 Å². The van der Waals surface area contributed by atoms with Crippen LogP contribution in [0.25, 0.3) is 11.1 Å². The number of H-pyrrole nitrogens is 1. The minimum atomic E-state index is -3.95. The maximum absolute atomic E-state index is 12.3. The van der Waals surface area contributed by atoms with Gasteiger partial charge in [-0.15, -0.1) is 0 Å². The molecule has 0 amide bonds. The van der Waals surface area contributed by atoms with Crippen LogP contribution in [0.5, 0.6) is 0 Å². The molecule has 1 heterocycles. The standard InChI is InChI=1S/C13H11N3O6S2/c14-23(18,19)9-3-1-8(2-4-9)16-24(20,21)10-5-6-11-12(7-10)22-13(17)15-11/h1-7,16H,(H,15,17)(H2,14,18,19). The number of aromatic amines is 1. The van der Waals surface area contributed by atoms with Crippen LogP contribution in [0.3, 0.4) is 0 Å². The SMILES string of the molecule is NS(=O)(=O)c1ccc(NS(=O)(=O)c2ccc3[nH]c(=O)oc3c2)cc1. The van der Waals surface area contributed by atoms with Crippen LogP contribution < -0.4 is 15.6 Å². The number of benzene rings is 2. The first-order valence-electron chi connectivity index (χ1n) is 6.44. The predicted molar refractivity (Wildman–Crippen MR) is 85.5 cm³/mol. The summed E-state index contributed by atoms with van der Waals surface area (Å²) in [6.07, 6.45) is 0. The maximum Gasteiger partial charge on any atom is 0.417 e. The highest BCUT2D eigenvalue weighted by molar-refractivity contribution is 7.92. The number of nitrogens with one attached hydrogen (secondary N) is 2. The quantitative estimate of drug-likeness (QED) is 0.611. The lowest BCUT2D eigenvalue weighted by molar-refractivity contribution is 0.554. The molecule has 1 aromatic heterocycles. The molecule has 0 fully saturated rings. The Hall–Kier alpha value is -2.63. The topological polar surface area (TPSA) is 152 Å². The van der Waals surface area contributed by atoms with Crippen molar-refractivity contribution in [1.82, 2.24) is 4.98 Å². The third-order valence-corrected chi connectivity index (χ3v) is 5.45. The molecular weight excluding hydrogens is 358 g/mol. The summed E-state index contributed by atoms with van der Waals surface area (Å²) in [6.45, 7) is 0. The Morgan fingerprint density at radius 2 is 1.58 bits per heavy atom. The van der Waals surface area contributed by atoms with Gasteiger partial charge in [0, 0.05) is 11.8 Å². The van der Waals surface area contributed by atoms with Crippen LogP contribution in [0.2, 0.25) is 0 Å². The molecule has 0 bridgehead atoms. The van der Waals surface area contributed by atoms with Crippen molar-refractivity contribution in [2.24, 2.45) is 5.14 Å². The van der Waals surface area contributed by atoms with Crippen LogP contribution in [0.4, 0.5) is 5.69 Å². The van der Waals surface area contributed by atoms with Gasteiger partial charge >= 0.3 is 5.76 Å². The van der Waals surface area contributed by atoms with E-state index < -0.39 is 25.8 Å². The monoisotopic (exact) mass is 369 g/mol. The average Bonchev–Trinajstić information content (AvgIpc) is 2.85. The van der Waals surface area contributed by atoms with Gasteiger partial charge in [0.05, 0.1) is 15.3 Å². The summed E-state index contributed by atoms with van der Waals surface area (Å²) in [4.78, 5) is 13.3. The van der Waals surface area contributed by atoms with Gasteiger partial charge in [-0.1, -0.05) is 0 Å². The molecule has 0 unspecified atom stereocenters. The number of primary sulfonamides is 1. The van der Waals surface area contributed by atoms with Gasteiger partial charge in [-0.25, -0.2) is 26.8 Å². The second kappa shape index (κ2) is 5.47. The molecule has 126 valence electrons. The van der Waals surface area contributed by atoms with E-state index in [9.17, 15) is 21.6 Å². The van der Waals surface area contributed by atoms with Gasteiger partial charge in [-0.2, -0.15) is 0 Å². The fourth-order valence-electron chi connectivity index (χ4n) is 2.02. The van der Waals surface area contributed by atoms with E-state index in [0.717, 1.165) is 0 Å². The molecule has 0 aliphatic heterocycles. The highest BCUT2D eigenvalue weighted by Gasteiger charge is 2.17. The first-order valence-corrected chi connectivity index (χ1v) is 9.47. The summed E-state index contributed by atoms with van der Waals surface area (Å²) in [5.41, 5.74) is 0.627. The normalized spacial score (nSPS) is 12.4. The Morgan fingerprint density at radius 3 is 2.21 bits per heavy atom.